The molecule has 1 aliphatic rings. The molecule has 10 aromatic rings. The minimum atomic E-state index is -0.253. The van der Waals surface area contributed by atoms with Crippen LogP contribution in [0.25, 0.3) is 89.2 Å². The summed E-state index contributed by atoms with van der Waals surface area (Å²) >= 11 is 0. The zero-order valence-corrected chi connectivity index (χ0v) is 31.4. The molecule has 0 fully saturated rings. The van der Waals surface area contributed by atoms with Crippen LogP contribution in [0.5, 0.6) is 0 Å². The summed E-state index contributed by atoms with van der Waals surface area (Å²) < 4.78 is 6.53. The topological polar surface area (TPSA) is 38.9 Å². The van der Waals surface area contributed by atoms with Gasteiger partial charge in [-0.15, -0.1) is 0 Å². The molecule has 268 valence electrons. The molecule has 3 nitrogen and oxygen atoms in total. The number of para-hydroxylation sites is 2. The van der Waals surface area contributed by atoms with Crippen LogP contribution in [0.3, 0.4) is 0 Å². The van der Waals surface area contributed by atoms with Crippen LogP contribution in [0.2, 0.25) is 0 Å². The first-order chi connectivity index (χ1) is 28.1. The molecular formula is C54H36N2O. The van der Waals surface area contributed by atoms with Crippen LogP contribution < -0.4 is 0 Å². The van der Waals surface area contributed by atoms with Gasteiger partial charge in [0.1, 0.15) is 11.2 Å². The van der Waals surface area contributed by atoms with Gasteiger partial charge in [-0.1, -0.05) is 188 Å². The summed E-state index contributed by atoms with van der Waals surface area (Å²) in [5.41, 5.74) is 17.2. The normalized spacial score (nSPS) is 12.8. The van der Waals surface area contributed by atoms with Gasteiger partial charge in [0, 0.05) is 38.4 Å². The Morgan fingerprint density at radius 1 is 0.386 bits per heavy atom. The number of fused-ring (bicyclic) bond motifs is 6. The van der Waals surface area contributed by atoms with Crippen LogP contribution in [0, 0.1) is 0 Å². The highest BCUT2D eigenvalue weighted by Gasteiger charge is 2.40. The molecule has 0 unspecified atom stereocenters. The molecule has 0 atom stereocenters. The lowest BCUT2D eigenvalue weighted by Gasteiger charge is -2.28. The van der Waals surface area contributed by atoms with E-state index in [2.05, 4.69) is 177 Å². The van der Waals surface area contributed by atoms with Gasteiger partial charge in [-0.05, 0) is 63.6 Å². The Balaban J connectivity index is 1.05. The van der Waals surface area contributed by atoms with E-state index in [-0.39, 0.29) is 5.41 Å². The van der Waals surface area contributed by atoms with Crippen LogP contribution in [-0.4, -0.2) is 9.97 Å². The first-order valence-corrected chi connectivity index (χ1v) is 19.5. The van der Waals surface area contributed by atoms with Crippen molar-refractivity contribution in [3.8, 4) is 67.3 Å². The van der Waals surface area contributed by atoms with Crippen LogP contribution >= 0.6 is 0 Å². The van der Waals surface area contributed by atoms with Gasteiger partial charge >= 0.3 is 0 Å². The monoisotopic (exact) mass is 728 g/mol. The maximum atomic E-state index is 6.53. The van der Waals surface area contributed by atoms with Crippen molar-refractivity contribution >= 4 is 21.9 Å². The maximum Gasteiger partial charge on any atom is 0.160 e. The third-order valence-electron chi connectivity index (χ3n) is 11.9. The zero-order valence-electron chi connectivity index (χ0n) is 31.4. The second-order valence-corrected chi connectivity index (χ2v) is 15.0. The van der Waals surface area contributed by atoms with Crippen molar-refractivity contribution < 1.29 is 4.42 Å². The molecule has 11 rings (SSSR count). The molecule has 0 aliphatic heterocycles. The number of furan rings is 1. The largest absolute Gasteiger partial charge is 0.455 e. The average molecular weight is 729 g/mol. The van der Waals surface area contributed by atoms with E-state index < -0.39 is 0 Å². The highest BCUT2D eigenvalue weighted by Crippen LogP contribution is 2.52. The van der Waals surface area contributed by atoms with Gasteiger partial charge < -0.3 is 4.42 Å². The molecule has 57 heavy (non-hydrogen) atoms. The number of nitrogens with zero attached hydrogens (tertiary/aromatic N) is 2. The van der Waals surface area contributed by atoms with E-state index in [1.165, 1.54) is 27.8 Å². The third-order valence-corrected chi connectivity index (χ3v) is 11.9. The van der Waals surface area contributed by atoms with Crippen molar-refractivity contribution in [1.82, 2.24) is 9.97 Å². The molecule has 0 spiro atoms. The Morgan fingerprint density at radius 3 is 1.58 bits per heavy atom. The Morgan fingerprint density at radius 2 is 0.895 bits per heavy atom. The van der Waals surface area contributed by atoms with Crippen LogP contribution in [0.15, 0.2) is 205 Å². The lowest BCUT2D eigenvalue weighted by atomic mass is 9.74. The fourth-order valence-electron chi connectivity index (χ4n) is 9.05. The SMILES string of the molecule is CC1(c2ccc(-c3ccccc3-c3cc(-c4ccccc4-c4cccc5c4oc4ccccc45)nc(-c4ccccc4)n3)cc2)c2ccccc2-c2ccccc21. The number of hydrogen-bond acceptors (Lipinski definition) is 3. The molecule has 0 N–H and O–H groups in total. The van der Waals surface area contributed by atoms with Crippen molar-refractivity contribution in [2.45, 2.75) is 12.3 Å². The van der Waals surface area contributed by atoms with Gasteiger partial charge in [-0.2, -0.15) is 0 Å². The first kappa shape index (κ1) is 33.0. The van der Waals surface area contributed by atoms with E-state index in [4.69, 9.17) is 14.4 Å². The van der Waals surface area contributed by atoms with Crippen LogP contribution in [0.4, 0.5) is 0 Å². The fourth-order valence-corrected chi connectivity index (χ4v) is 9.05. The van der Waals surface area contributed by atoms with Crippen molar-refractivity contribution in [3.63, 3.8) is 0 Å². The Kier molecular flexibility index (Phi) is 7.61. The molecule has 0 amide bonds. The Hall–Kier alpha value is -7.36. The summed E-state index contributed by atoms with van der Waals surface area (Å²) in [6.07, 6.45) is 0. The molecule has 0 saturated carbocycles. The van der Waals surface area contributed by atoms with Crippen LogP contribution in [-0.2, 0) is 5.41 Å². The summed E-state index contributed by atoms with van der Waals surface area (Å²) in [5.74, 6) is 0.677. The van der Waals surface area contributed by atoms with Gasteiger partial charge in [0.15, 0.2) is 5.82 Å². The molecule has 3 heteroatoms. The lowest BCUT2D eigenvalue weighted by Crippen LogP contribution is -2.22. The molecule has 2 aromatic heterocycles. The Labute approximate surface area is 331 Å². The van der Waals surface area contributed by atoms with Crippen molar-refractivity contribution in [3.05, 3.63) is 217 Å². The Bertz CT molecular complexity index is 3090. The number of hydrogen-bond donors (Lipinski definition) is 0. The minimum Gasteiger partial charge on any atom is -0.455 e. The lowest BCUT2D eigenvalue weighted by molar-refractivity contribution is 0.670. The van der Waals surface area contributed by atoms with Crippen LogP contribution in [0.1, 0.15) is 23.6 Å². The molecule has 8 aromatic carbocycles. The summed E-state index contributed by atoms with van der Waals surface area (Å²) in [5, 5.41) is 2.21. The molecule has 2 heterocycles. The standard InChI is InChI=1S/C54H36N2O/c1-54(47-27-12-9-20-40(47)41-21-10-13-28-48(41)54)37-32-30-35(31-33-37)38-18-5-7-22-42(38)49-34-50(56-53(55-49)36-16-3-2-4-17-36)43-23-8-6-19-39(43)45-25-15-26-46-44-24-11-14-29-51(44)57-52(45)46/h2-34H,1H3. The van der Waals surface area contributed by atoms with Gasteiger partial charge in [0.05, 0.1) is 11.4 Å². The molecule has 0 saturated heterocycles. The van der Waals surface area contributed by atoms with Crippen molar-refractivity contribution in [2.24, 2.45) is 0 Å². The highest BCUT2D eigenvalue weighted by atomic mass is 16.3. The number of aromatic nitrogens is 2. The van der Waals surface area contributed by atoms with Crippen molar-refractivity contribution in [2.75, 3.05) is 0 Å². The maximum absolute atomic E-state index is 6.53. The summed E-state index contributed by atoms with van der Waals surface area (Å²) in [4.78, 5) is 10.5. The van der Waals surface area contributed by atoms with E-state index in [0.717, 1.165) is 72.3 Å². The summed E-state index contributed by atoms with van der Waals surface area (Å²) in [7, 11) is 0. The second-order valence-electron chi connectivity index (χ2n) is 15.0. The summed E-state index contributed by atoms with van der Waals surface area (Å²) in [6, 6.07) is 70.9. The smallest absolute Gasteiger partial charge is 0.160 e. The van der Waals surface area contributed by atoms with Crippen molar-refractivity contribution in [1.29, 1.82) is 0 Å². The quantitative estimate of drug-likeness (QED) is 0.171. The fraction of sp³-hybridized carbons (Fsp3) is 0.0370. The summed E-state index contributed by atoms with van der Waals surface area (Å²) in [6.45, 7) is 2.36. The predicted molar refractivity (Wildman–Crippen MR) is 234 cm³/mol. The first-order valence-electron chi connectivity index (χ1n) is 19.5. The molecule has 0 radical (unpaired) electrons. The highest BCUT2D eigenvalue weighted by molar-refractivity contribution is 6.10. The van der Waals surface area contributed by atoms with E-state index >= 15 is 0 Å². The average Bonchev–Trinajstić information content (AvgIpc) is 3.80. The molecular weight excluding hydrogens is 693 g/mol. The zero-order chi connectivity index (χ0) is 37.9. The van der Waals surface area contributed by atoms with E-state index in [1.807, 2.05) is 30.3 Å². The number of rotatable bonds is 6. The second kappa shape index (κ2) is 13.1. The van der Waals surface area contributed by atoms with E-state index in [1.54, 1.807) is 0 Å². The van der Waals surface area contributed by atoms with E-state index in [9.17, 15) is 0 Å². The van der Waals surface area contributed by atoms with Gasteiger partial charge in [-0.3, -0.25) is 0 Å². The number of benzene rings is 8. The van der Waals surface area contributed by atoms with Gasteiger partial charge in [-0.25, -0.2) is 9.97 Å². The molecule has 0 bridgehead atoms. The third kappa shape index (κ3) is 5.27. The predicted octanol–water partition coefficient (Wildman–Crippen LogP) is 14.0. The van der Waals surface area contributed by atoms with Gasteiger partial charge in [0.25, 0.3) is 0 Å². The minimum absolute atomic E-state index is 0.253. The van der Waals surface area contributed by atoms with Gasteiger partial charge in [0.2, 0.25) is 0 Å². The molecule has 1 aliphatic carbocycles. The van der Waals surface area contributed by atoms with E-state index in [0.29, 0.717) is 5.82 Å².